The van der Waals surface area contributed by atoms with E-state index in [4.69, 9.17) is 0 Å². The van der Waals surface area contributed by atoms with Crippen molar-refractivity contribution in [2.24, 2.45) is 0 Å². The van der Waals surface area contributed by atoms with Gasteiger partial charge in [-0.25, -0.2) is 0 Å². The van der Waals surface area contributed by atoms with E-state index in [-0.39, 0.29) is 5.78 Å². The molecule has 1 aliphatic carbocycles. The van der Waals surface area contributed by atoms with Gasteiger partial charge in [0.2, 0.25) is 0 Å². The molecular formula is C19H21NO. The summed E-state index contributed by atoms with van der Waals surface area (Å²) in [5.74, 6) is 0.174. The molecule has 3 rings (SSSR count). The van der Waals surface area contributed by atoms with Gasteiger partial charge in [0.15, 0.2) is 5.78 Å². The summed E-state index contributed by atoms with van der Waals surface area (Å²) in [7, 11) is 0. The van der Waals surface area contributed by atoms with Gasteiger partial charge in [-0.05, 0) is 36.2 Å². The van der Waals surface area contributed by atoms with Gasteiger partial charge in [-0.3, -0.25) is 9.69 Å². The van der Waals surface area contributed by atoms with E-state index in [0.717, 1.165) is 42.7 Å². The van der Waals surface area contributed by atoms with Crippen molar-refractivity contribution in [1.82, 2.24) is 4.90 Å². The Morgan fingerprint density at radius 3 is 2.43 bits per heavy atom. The Morgan fingerprint density at radius 2 is 1.67 bits per heavy atom. The average molecular weight is 279 g/mol. The number of carbonyl (C=O) groups excluding carboxylic acids is 1. The molecule has 0 atom stereocenters. The van der Waals surface area contributed by atoms with Gasteiger partial charge in [0.05, 0.1) is 0 Å². The highest BCUT2D eigenvalue weighted by Crippen LogP contribution is 2.29. The lowest BCUT2D eigenvalue weighted by Crippen LogP contribution is -2.24. The molecule has 2 aromatic rings. The smallest absolute Gasteiger partial charge is 0.193 e. The maximum Gasteiger partial charge on any atom is 0.193 e. The first-order valence-electron chi connectivity index (χ1n) is 7.70. The lowest BCUT2D eigenvalue weighted by molar-refractivity contribution is 0.103. The third-order valence-corrected chi connectivity index (χ3v) is 4.44. The summed E-state index contributed by atoms with van der Waals surface area (Å²) in [6.07, 6.45) is 0.870. The van der Waals surface area contributed by atoms with E-state index >= 15 is 0 Å². The Bertz CT molecular complexity index is 671. The largest absolute Gasteiger partial charge is 0.300 e. The summed E-state index contributed by atoms with van der Waals surface area (Å²) in [5, 5.41) is 0. The lowest BCUT2D eigenvalue weighted by Gasteiger charge is -2.24. The monoisotopic (exact) mass is 279 g/mol. The molecule has 0 spiro atoms. The molecule has 2 aromatic carbocycles. The zero-order chi connectivity index (χ0) is 14.8. The number of benzene rings is 2. The summed E-state index contributed by atoms with van der Waals surface area (Å²) in [6.45, 7) is 7.35. The Labute approximate surface area is 126 Å². The van der Waals surface area contributed by atoms with Gasteiger partial charge in [0, 0.05) is 17.7 Å². The minimum atomic E-state index is 0.174. The van der Waals surface area contributed by atoms with E-state index in [0.29, 0.717) is 0 Å². The zero-order valence-corrected chi connectivity index (χ0v) is 12.7. The number of hydrogen-bond donors (Lipinski definition) is 0. The van der Waals surface area contributed by atoms with E-state index in [1.54, 1.807) is 0 Å². The topological polar surface area (TPSA) is 20.3 Å². The molecule has 0 amide bonds. The molecule has 21 heavy (non-hydrogen) atoms. The first-order valence-corrected chi connectivity index (χ1v) is 7.70. The van der Waals surface area contributed by atoms with Crippen LogP contribution in [0.1, 0.15) is 46.5 Å². The second kappa shape index (κ2) is 5.82. The van der Waals surface area contributed by atoms with E-state index in [1.165, 1.54) is 11.1 Å². The summed E-state index contributed by atoms with van der Waals surface area (Å²) < 4.78 is 0. The average Bonchev–Trinajstić information content (AvgIpc) is 2.53. The number of ketones is 1. The first kappa shape index (κ1) is 14.0. The number of rotatable bonds is 4. The fraction of sp³-hybridized carbons (Fsp3) is 0.316. The second-order valence-electron chi connectivity index (χ2n) is 5.57. The van der Waals surface area contributed by atoms with Crippen LogP contribution in [0.3, 0.4) is 0 Å². The van der Waals surface area contributed by atoms with Crippen molar-refractivity contribution >= 4 is 5.78 Å². The van der Waals surface area contributed by atoms with Crippen LogP contribution >= 0.6 is 0 Å². The van der Waals surface area contributed by atoms with Crippen molar-refractivity contribution < 1.29 is 4.79 Å². The van der Waals surface area contributed by atoms with Crippen LogP contribution in [0.5, 0.6) is 0 Å². The van der Waals surface area contributed by atoms with E-state index in [9.17, 15) is 4.79 Å². The van der Waals surface area contributed by atoms with Crippen LogP contribution in [0.15, 0.2) is 42.5 Å². The van der Waals surface area contributed by atoms with Crippen LogP contribution < -0.4 is 0 Å². The van der Waals surface area contributed by atoms with Crippen LogP contribution in [0.4, 0.5) is 0 Å². The quantitative estimate of drug-likeness (QED) is 0.726. The number of fused-ring (bicyclic) bond motifs is 2. The number of carbonyl (C=O) groups is 1. The minimum Gasteiger partial charge on any atom is -0.300 e. The fourth-order valence-electron chi connectivity index (χ4n) is 3.12. The van der Waals surface area contributed by atoms with Crippen molar-refractivity contribution in [2.75, 3.05) is 13.1 Å². The Kier molecular flexibility index (Phi) is 3.89. The number of nitrogens with zero attached hydrogens (tertiary/aromatic N) is 1. The third kappa shape index (κ3) is 2.52. The standard InChI is InChI=1S/C19H21NO/c1-3-20(4-2)13-15-9-7-11-17-18(15)12-14-8-5-6-10-16(14)19(17)21/h5-11H,3-4,12-13H2,1-2H3. The van der Waals surface area contributed by atoms with Crippen molar-refractivity contribution in [1.29, 1.82) is 0 Å². The highest BCUT2D eigenvalue weighted by atomic mass is 16.1. The van der Waals surface area contributed by atoms with Crippen molar-refractivity contribution in [3.63, 3.8) is 0 Å². The Balaban J connectivity index is 2.02. The van der Waals surface area contributed by atoms with E-state index in [2.05, 4.69) is 30.9 Å². The minimum absolute atomic E-state index is 0.174. The van der Waals surface area contributed by atoms with Crippen LogP contribution in [0, 0.1) is 0 Å². The maximum atomic E-state index is 12.7. The van der Waals surface area contributed by atoms with E-state index < -0.39 is 0 Å². The van der Waals surface area contributed by atoms with E-state index in [1.807, 2.05) is 30.3 Å². The van der Waals surface area contributed by atoms with Crippen molar-refractivity contribution in [2.45, 2.75) is 26.8 Å². The molecule has 0 heterocycles. The predicted molar refractivity (Wildman–Crippen MR) is 85.7 cm³/mol. The van der Waals surface area contributed by atoms with Gasteiger partial charge in [0.1, 0.15) is 0 Å². The first-order chi connectivity index (χ1) is 10.2. The predicted octanol–water partition coefficient (Wildman–Crippen LogP) is 3.66. The second-order valence-corrected chi connectivity index (χ2v) is 5.57. The molecule has 108 valence electrons. The molecule has 0 radical (unpaired) electrons. The highest BCUT2D eigenvalue weighted by molar-refractivity contribution is 6.12. The molecule has 0 saturated carbocycles. The molecule has 2 heteroatoms. The van der Waals surface area contributed by atoms with Crippen LogP contribution in [-0.2, 0) is 13.0 Å². The van der Waals surface area contributed by atoms with Crippen LogP contribution in [0.2, 0.25) is 0 Å². The summed E-state index contributed by atoms with van der Waals surface area (Å²) >= 11 is 0. The van der Waals surface area contributed by atoms with Gasteiger partial charge in [-0.2, -0.15) is 0 Å². The fourth-order valence-corrected chi connectivity index (χ4v) is 3.12. The van der Waals surface area contributed by atoms with Gasteiger partial charge >= 0.3 is 0 Å². The Morgan fingerprint density at radius 1 is 0.952 bits per heavy atom. The van der Waals surface area contributed by atoms with Crippen LogP contribution in [-0.4, -0.2) is 23.8 Å². The molecule has 0 bridgehead atoms. The van der Waals surface area contributed by atoms with Gasteiger partial charge in [0.25, 0.3) is 0 Å². The van der Waals surface area contributed by atoms with Gasteiger partial charge in [-0.15, -0.1) is 0 Å². The Hall–Kier alpha value is -1.93. The van der Waals surface area contributed by atoms with Crippen molar-refractivity contribution in [3.05, 3.63) is 70.3 Å². The lowest BCUT2D eigenvalue weighted by atomic mass is 9.83. The molecule has 2 nitrogen and oxygen atoms in total. The highest BCUT2D eigenvalue weighted by Gasteiger charge is 2.24. The molecule has 0 aliphatic heterocycles. The molecule has 0 unspecified atom stereocenters. The maximum absolute atomic E-state index is 12.7. The molecule has 0 saturated heterocycles. The van der Waals surface area contributed by atoms with Gasteiger partial charge < -0.3 is 0 Å². The summed E-state index contributed by atoms with van der Waals surface area (Å²) in [5.41, 5.74) is 5.41. The normalized spacial score (nSPS) is 13.2. The molecule has 0 aromatic heterocycles. The SMILES string of the molecule is CCN(CC)Cc1cccc2c1Cc1ccccc1C2=O. The zero-order valence-electron chi connectivity index (χ0n) is 12.7. The summed E-state index contributed by atoms with van der Waals surface area (Å²) in [4.78, 5) is 15.1. The molecule has 0 N–H and O–H groups in total. The molecule has 1 aliphatic rings. The summed E-state index contributed by atoms with van der Waals surface area (Å²) in [6, 6.07) is 14.1. The van der Waals surface area contributed by atoms with Crippen molar-refractivity contribution in [3.8, 4) is 0 Å². The van der Waals surface area contributed by atoms with Crippen LogP contribution in [0.25, 0.3) is 0 Å². The van der Waals surface area contributed by atoms with Gasteiger partial charge in [-0.1, -0.05) is 56.3 Å². The number of hydrogen-bond acceptors (Lipinski definition) is 2. The third-order valence-electron chi connectivity index (χ3n) is 4.44. The molecule has 0 fully saturated rings. The molecular weight excluding hydrogens is 258 g/mol.